The van der Waals surface area contributed by atoms with Gasteiger partial charge in [-0.3, -0.25) is 0 Å². The van der Waals surface area contributed by atoms with Crippen molar-refractivity contribution < 1.29 is 9.90 Å². The second kappa shape index (κ2) is 5.93. The lowest BCUT2D eigenvalue weighted by molar-refractivity contribution is 0.0701. The average Bonchev–Trinajstić information content (AvgIpc) is 2.67. The lowest BCUT2D eigenvalue weighted by Crippen LogP contribution is -2.10. The summed E-state index contributed by atoms with van der Waals surface area (Å²) in [5.41, 5.74) is 3.69. The molecule has 2 nitrogen and oxygen atoms in total. The van der Waals surface area contributed by atoms with Crippen LogP contribution in [0.2, 0.25) is 0 Å². The first-order valence-corrected chi connectivity index (χ1v) is 8.41. The Morgan fingerprint density at radius 1 is 1.24 bits per heavy atom. The van der Waals surface area contributed by atoms with E-state index in [2.05, 4.69) is 61.0 Å². The molecule has 1 aromatic carbocycles. The Hall–Kier alpha value is -1.13. The van der Waals surface area contributed by atoms with Gasteiger partial charge in [-0.25, -0.2) is 4.79 Å². The van der Waals surface area contributed by atoms with E-state index in [1.165, 1.54) is 22.5 Å². The Bertz CT molecular complexity index is 663. The molecule has 112 valence electrons. The minimum Gasteiger partial charge on any atom is -0.477 e. The van der Waals surface area contributed by atoms with Crippen LogP contribution in [0.5, 0.6) is 0 Å². The van der Waals surface area contributed by atoms with Crippen molar-refractivity contribution in [1.29, 1.82) is 0 Å². The quantitative estimate of drug-likeness (QED) is 0.788. The SMILES string of the molecule is Cc1c(Cc2ccc(C(C)(C)C)cc2)sc(C(=O)O)c1Br. The number of halogens is 1. The predicted octanol–water partition coefficient (Wildman–Crippen LogP) is 5.41. The Labute approximate surface area is 138 Å². The Kier molecular flexibility index (Phi) is 4.59. The van der Waals surface area contributed by atoms with Gasteiger partial charge in [-0.2, -0.15) is 0 Å². The minimum absolute atomic E-state index is 0.150. The molecule has 0 atom stereocenters. The molecule has 0 saturated carbocycles. The summed E-state index contributed by atoms with van der Waals surface area (Å²) >= 11 is 4.73. The van der Waals surface area contributed by atoms with E-state index in [0.29, 0.717) is 9.35 Å². The van der Waals surface area contributed by atoms with Crippen molar-refractivity contribution in [2.45, 2.75) is 39.5 Å². The fraction of sp³-hybridized carbons (Fsp3) is 0.353. The molecule has 0 radical (unpaired) electrons. The van der Waals surface area contributed by atoms with E-state index >= 15 is 0 Å². The molecule has 1 heterocycles. The van der Waals surface area contributed by atoms with Gasteiger partial charge < -0.3 is 5.11 Å². The van der Waals surface area contributed by atoms with Gasteiger partial charge in [0.25, 0.3) is 0 Å². The monoisotopic (exact) mass is 366 g/mol. The van der Waals surface area contributed by atoms with Gasteiger partial charge in [0.1, 0.15) is 4.88 Å². The van der Waals surface area contributed by atoms with Crippen molar-refractivity contribution in [1.82, 2.24) is 0 Å². The van der Waals surface area contributed by atoms with Crippen molar-refractivity contribution in [2.24, 2.45) is 0 Å². The smallest absolute Gasteiger partial charge is 0.347 e. The fourth-order valence-electron chi connectivity index (χ4n) is 2.15. The first-order valence-electron chi connectivity index (χ1n) is 6.80. The van der Waals surface area contributed by atoms with Crippen LogP contribution < -0.4 is 0 Å². The fourth-order valence-corrected chi connectivity index (χ4v) is 4.00. The number of hydrogen-bond donors (Lipinski definition) is 1. The van der Waals surface area contributed by atoms with Crippen LogP contribution in [0.25, 0.3) is 0 Å². The number of rotatable bonds is 3. The van der Waals surface area contributed by atoms with Gasteiger partial charge >= 0.3 is 5.97 Å². The number of carbonyl (C=O) groups is 1. The zero-order valence-corrected chi connectivity index (χ0v) is 15.1. The summed E-state index contributed by atoms with van der Waals surface area (Å²) in [4.78, 5) is 12.7. The molecule has 0 saturated heterocycles. The summed E-state index contributed by atoms with van der Waals surface area (Å²) in [6.07, 6.45) is 0.771. The molecular weight excluding hydrogens is 348 g/mol. The van der Waals surface area contributed by atoms with Crippen molar-refractivity contribution in [3.63, 3.8) is 0 Å². The standard InChI is InChI=1S/C17H19BrO2S/c1-10-13(21-15(14(10)18)16(19)20)9-11-5-7-12(8-6-11)17(2,3)4/h5-8H,9H2,1-4H3,(H,19,20). The van der Waals surface area contributed by atoms with Crippen LogP contribution in [0.3, 0.4) is 0 Å². The number of thiophene rings is 1. The predicted molar refractivity (Wildman–Crippen MR) is 91.7 cm³/mol. The number of carboxylic acid groups (broad SMARTS) is 1. The van der Waals surface area contributed by atoms with Gasteiger partial charge in [0.05, 0.1) is 0 Å². The third kappa shape index (κ3) is 3.55. The highest BCUT2D eigenvalue weighted by Gasteiger charge is 2.18. The van der Waals surface area contributed by atoms with Crippen LogP contribution in [0.4, 0.5) is 0 Å². The zero-order valence-electron chi connectivity index (χ0n) is 12.7. The van der Waals surface area contributed by atoms with E-state index in [1.54, 1.807) is 0 Å². The maximum absolute atomic E-state index is 11.2. The van der Waals surface area contributed by atoms with Gasteiger partial charge in [0, 0.05) is 15.8 Å². The highest BCUT2D eigenvalue weighted by molar-refractivity contribution is 9.10. The molecule has 2 aromatic rings. The molecule has 0 amide bonds. The number of hydrogen-bond acceptors (Lipinski definition) is 2. The summed E-state index contributed by atoms with van der Waals surface area (Å²) < 4.78 is 0.710. The van der Waals surface area contributed by atoms with Crippen LogP contribution >= 0.6 is 27.3 Å². The molecule has 0 bridgehead atoms. The first-order chi connectivity index (χ1) is 9.70. The second-order valence-electron chi connectivity index (χ2n) is 6.22. The van der Waals surface area contributed by atoms with Gasteiger partial charge in [-0.05, 0) is 45.0 Å². The van der Waals surface area contributed by atoms with Crippen molar-refractivity contribution in [2.75, 3.05) is 0 Å². The van der Waals surface area contributed by atoms with E-state index in [9.17, 15) is 9.90 Å². The molecule has 1 N–H and O–H groups in total. The molecule has 2 rings (SSSR count). The zero-order chi connectivity index (χ0) is 15.8. The molecule has 0 aliphatic heterocycles. The molecule has 0 spiro atoms. The molecule has 1 aromatic heterocycles. The van der Waals surface area contributed by atoms with E-state index in [4.69, 9.17) is 0 Å². The van der Waals surface area contributed by atoms with E-state index in [0.717, 1.165) is 16.9 Å². The van der Waals surface area contributed by atoms with Crippen LogP contribution in [-0.2, 0) is 11.8 Å². The molecule has 4 heteroatoms. The maximum Gasteiger partial charge on any atom is 0.347 e. The maximum atomic E-state index is 11.2. The van der Waals surface area contributed by atoms with E-state index in [-0.39, 0.29) is 5.41 Å². The summed E-state index contributed by atoms with van der Waals surface area (Å²) in [7, 11) is 0. The summed E-state index contributed by atoms with van der Waals surface area (Å²) in [5.74, 6) is -0.871. The van der Waals surface area contributed by atoms with E-state index in [1.807, 2.05) is 6.92 Å². The van der Waals surface area contributed by atoms with Gasteiger partial charge in [0.2, 0.25) is 0 Å². The lowest BCUT2D eigenvalue weighted by atomic mass is 9.86. The molecule has 0 aliphatic carbocycles. The topological polar surface area (TPSA) is 37.3 Å². The lowest BCUT2D eigenvalue weighted by Gasteiger charge is -2.19. The highest BCUT2D eigenvalue weighted by atomic mass is 79.9. The van der Waals surface area contributed by atoms with Crippen LogP contribution in [-0.4, -0.2) is 11.1 Å². The molecule has 0 aliphatic rings. The van der Waals surface area contributed by atoms with Crippen LogP contribution in [0.15, 0.2) is 28.7 Å². The number of carboxylic acids is 1. The average molecular weight is 367 g/mol. The third-order valence-electron chi connectivity index (χ3n) is 3.55. The summed E-state index contributed by atoms with van der Waals surface area (Å²) in [6, 6.07) is 8.58. The van der Waals surface area contributed by atoms with E-state index < -0.39 is 5.97 Å². The summed E-state index contributed by atoms with van der Waals surface area (Å²) in [5, 5.41) is 9.18. The number of benzene rings is 1. The minimum atomic E-state index is -0.871. The molecule has 0 fully saturated rings. The van der Waals surface area contributed by atoms with Crippen LogP contribution in [0, 0.1) is 6.92 Å². The van der Waals surface area contributed by atoms with Gasteiger partial charge in [-0.1, -0.05) is 45.0 Å². The highest BCUT2D eigenvalue weighted by Crippen LogP contribution is 2.34. The summed E-state index contributed by atoms with van der Waals surface area (Å²) in [6.45, 7) is 8.55. The van der Waals surface area contributed by atoms with Crippen molar-refractivity contribution in [3.8, 4) is 0 Å². The van der Waals surface area contributed by atoms with Crippen molar-refractivity contribution in [3.05, 3.63) is 55.2 Å². The van der Waals surface area contributed by atoms with Gasteiger partial charge in [0.15, 0.2) is 0 Å². The van der Waals surface area contributed by atoms with Gasteiger partial charge in [-0.15, -0.1) is 11.3 Å². The Morgan fingerprint density at radius 2 is 1.81 bits per heavy atom. The molecule has 21 heavy (non-hydrogen) atoms. The molecular formula is C17H19BrO2S. The Balaban J connectivity index is 2.27. The second-order valence-corrected chi connectivity index (χ2v) is 8.12. The van der Waals surface area contributed by atoms with Crippen LogP contribution in [0.1, 0.15) is 52.0 Å². The largest absolute Gasteiger partial charge is 0.477 e. The third-order valence-corrected chi connectivity index (χ3v) is 6.08. The normalized spacial score (nSPS) is 11.7. The molecule has 0 unspecified atom stereocenters. The van der Waals surface area contributed by atoms with Crippen molar-refractivity contribution >= 4 is 33.2 Å². The number of aromatic carboxylic acids is 1. The first kappa shape index (κ1) is 16.2. The Morgan fingerprint density at radius 3 is 2.24 bits per heavy atom.